The number of aromatic nitrogens is 2. The van der Waals surface area contributed by atoms with Crippen LogP contribution in [0.2, 0.25) is 30.7 Å². The van der Waals surface area contributed by atoms with Crippen LogP contribution in [-0.2, 0) is 20.9 Å². The van der Waals surface area contributed by atoms with Crippen molar-refractivity contribution in [1.82, 2.24) is 14.7 Å². The first kappa shape index (κ1) is 32.8. The number of amides is 2. The van der Waals surface area contributed by atoms with Crippen LogP contribution in [0, 0.1) is 5.82 Å². The molecule has 43 heavy (non-hydrogen) atoms. The maximum absolute atomic E-state index is 14.5. The molecule has 0 bridgehead atoms. The lowest BCUT2D eigenvalue weighted by Gasteiger charge is -2.40. The van der Waals surface area contributed by atoms with Gasteiger partial charge in [0.2, 0.25) is 0 Å². The van der Waals surface area contributed by atoms with Crippen molar-refractivity contribution in [3.63, 3.8) is 0 Å². The molecule has 4 rings (SSSR count). The Morgan fingerprint density at radius 1 is 1.16 bits per heavy atom. The molecule has 2 amide bonds. The fraction of sp³-hybridized carbons (Fsp3) is 0.516. The van der Waals surface area contributed by atoms with E-state index in [4.69, 9.17) is 25.8 Å². The molecule has 0 unspecified atom stereocenters. The highest BCUT2D eigenvalue weighted by atomic mass is 35.5. The number of nitrogens with zero attached hydrogens (tertiary/aromatic N) is 3. The molecule has 1 aliphatic heterocycles. The summed E-state index contributed by atoms with van der Waals surface area (Å²) in [5.41, 5.74) is 1.02. The van der Waals surface area contributed by atoms with Crippen molar-refractivity contribution >= 4 is 48.5 Å². The van der Waals surface area contributed by atoms with Gasteiger partial charge in [0.15, 0.2) is 0 Å². The molecule has 234 valence electrons. The smallest absolute Gasteiger partial charge is 0.412 e. The SMILES string of the molecule is CC(C)(C)OC(=O)N1CCCC[C@H]1[C@@H](OC(=O)Nc1ccc2c(cnn2COCC[Si](C)(C)C)c1)c1cc(F)cc(Cl)c1. The van der Waals surface area contributed by atoms with Crippen LogP contribution >= 0.6 is 11.6 Å². The molecule has 0 saturated carbocycles. The second-order valence-corrected chi connectivity index (χ2v) is 19.2. The Morgan fingerprint density at radius 2 is 1.93 bits per heavy atom. The highest BCUT2D eigenvalue weighted by Gasteiger charge is 2.38. The highest BCUT2D eigenvalue weighted by Crippen LogP contribution is 2.35. The van der Waals surface area contributed by atoms with Gasteiger partial charge in [-0.3, -0.25) is 5.32 Å². The van der Waals surface area contributed by atoms with Gasteiger partial charge in [-0.25, -0.2) is 18.7 Å². The number of piperidine rings is 1. The van der Waals surface area contributed by atoms with Crippen molar-refractivity contribution in [2.75, 3.05) is 18.5 Å². The standard InChI is InChI=1S/C31H42ClFN4O5Si/c1-31(2,3)42-30(39)36-12-8-7-9-27(36)28(21-15-23(32)18-24(33)16-21)41-29(38)35-25-10-11-26-22(17-25)19-34-37(26)20-40-13-14-43(4,5)6/h10-11,15-19,27-28H,7-9,12-14,20H2,1-6H3,(H,35,38)/t27-,28-/m0/s1. The summed E-state index contributed by atoms with van der Waals surface area (Å²) in [5.74, 6) is -0.567. The van der Waals surface area contributed by atoms with Gasteiger partial charge in [0.25, 0.3) is 0 Å². The number of halogens is 2. The molecule has 2 atom stereocenters. The summed E-state index contributed by atoms with van der Waals surface area (Å²) in [7, 11) is -1.18. The number of anilines is 1. The largest absolute Gasteiger partial charge is 0.444 e. The minimum Gasteiger partial charge on any atom is -0.444 e. The van der Waals surface area contributed by atoms with E-state index in [1.165, 1.54) is 12.1 Å². The van der Waals surface area contributed by atoms with E-state index in [1.54, 1.807) is 54.7 Å². The van der Waals surface area contributed by atoms with Gasteiger partial charge in [-0.2, -0.15) is 5.10 Å². The van der Waals surface area contributed by atoms with Gasteiger partial charge in [-0.1, -0.05) is 31.2 Å². The van der Waals surface area contributed by atoms with Crippen molar-refractivity contribution < 1.29 is 28.2 Å². The van der Waals surface area contributed by atoms with Crippen LogP contribution in [0.15, 0.2) is 42.6 Å². The summed E-state index contributed by atoms with van der Waals surface area (Å²) in [6.07, 6.45) is 1.58. The van der Waals surface area contributed by atoms with E-state index in [-0.39, 0.29) is 5.02 Å². The fourth-order valence-electron chi connectivity index (χ4n) is 4.99. The van der Waals surface area contributed by atoms with E-state index >= 15 is 0 Å². The number of hydrogen-bond donors (Lipinski definition) is 1. The Hall–Kier alpha value is -3.15. The normalized spacial score (nSPS) is 16.7. The van der Waals surface area contributed by atoms with Crippen LogP contribution < -0.4 is 5.32 Å². The molecule has 9 nitrogen and oxygen atoms in total. The first-order valence-electron chi connectivity index (χ1n) is 14.7. The zero-order valence-electron chi connectivity index (χ0n) is 25.8. The van der Waals surface area contributed by atoms with Gasteiger partial charge < -0.3 is 19.1 Å². The van der Waals surface area contributed by atoms with E-state index in [9.17, 15) is 14.0 Å². The summed E-state index contributed by atoms with van der Waals surface area (Å²) in [5, 5.41) is 8.19. The molecule has 12 heteroatoms. The molecule has 1 aliphatic rings. The van der Waals surface area contributed by atoms with E-state index in [0.717, 1.165) is 29.8 Å². The molecule has 3 aromatic rings. The average molecular weight is 633 g/mol. The van der Waals surface area contributed by atoms with E-state index in [0.29, 0.717) is 37.6 Å². The molecule has 0 spiro atoms. The topological polar surface area (TPSA) is 94.9 Å². The lowest BCUT2D eigenvalue weighted by Crippen LogP contribution is -2.49. The van der Waals surface area contributed by atoms with E-state index in [1.807, 2.05) is 6.07 Å². The number of likely N-dealkylation sites (tertiary alicyclic amines) is 1. The predicted molar refractivity (Wildman–Crippen MR) is 169 cm³/mol. The second-order valence-electron chi connectivity index (χ2n) is 13.2. The van der Waals surface area contributed by atoms with Crippen LogP contribution in [0.25, 0.3) is 10.9 Å². The minimum atomic E-state index is -1.18. The molecule has 1 saturated heterocycles. The van der Waals surface area contributed by atoms with Gasteiger partial charge in [0, 0.05) is 37.3 Å². The maximum atomic E-state index is 14.5. The molecular weight excluding hydrogens is 591 g/mol. The Kier molecular flexibility index (Phi) is 10.4. The highest BCUT2D eigenvalue weighted by molar-refractivity contribution is 6.76. The third-order valence-corrected chi connectivity index (χ3v) is 8.99. The van der Waals surface area contributed by atoms with E-state index < -0.39 is 43.8 Å². The number of carbonyl (C=O) groups excluding carboxylic acids is 2. The quantitative estimate of drug-likeness (QED) is 0.189. The number of nitrogens with one attached hydrogen (secondary N) is 1. The van der Waals surface area contributed by atoms with Gasteiger partial charge in [0.1, 0.15) is 24.3 Å². The molecular formula is C31H42ClFN4O5Si. The van der Waals surface area contributed by atoms with Crippen molar-refractivity contribution in [3.8, 4) is 0 Å². The van der Waals surface area contributed by atoms with Gasteiger partial charge in [-0.15, -0.1) is 0 Å². The molecule has 0 aliphatic carbocycles. The van der Waals surface area contributed by atoms with Crippen LogP contribution in [-0.4, -0.2) is 59.7 Å². The first-order chi connectivity index (χ1) is 20.2. The van der Waals surface area contributed by atoms with Crippen molar-refractivity contribution in [2.24, 2.45) is 0 Å². The predicted octanol–water partition coefficient (Wildman–Crippen LogP) is 8.22. The molecule has 1 aromatic heterocycles. The van der Waals surface area contributed by atoms with Crippen molar-refractivity contribution in [3.05, 3.63) is 59.0 Å². The fourth-order valence-corrected chi connectivity index (χ4v) is 5.97. The van der Waals surface area contributed by atoms with Gasteiger partial charge >= 0.3 is 12.2 Å². The number of rotatable bonds is 9. The Morgan fingerprint density at radius 3 is 2.63 bits per heavy atom. The number of hydrogen-bond acceptors (Lipinski definition) is 6. The molecule has 2 aromatic carbocycles. The number of ether oxygens (including phenoxy) is 3. The first-order valence-corrected chi connectivity index (χ1v) is 18.7. The van der Waals surface area contributed by atoms with E-state index in [2.05, 4.69) is 30.1 Å². The lowest BCUT2D eigenvalue weighted by molar-refractivity contribution is -0.0200. The summed E-state index contributed by atoms with van der Waals surface area (Å²) >= 11 is 6.19. The molecule has 2 heterocycles. The number of fused-ring (bicyclic) bond motifs is 1. The Balaban J connectivity index is 1.51. The minimum absolute atomic E-state index is 0.163. The summed E-state index contributed by atoms with van der Waals surface area (Å²) < 4.78 is 33.7. The molecule has 1 N–H and O–H groups in total. The number of carbonyl (C=O) groups is 2. The monoisotopic (exact) mass is 632 g/mol. The zero-order valence-corrected chi connectivity index (χ0v) is 27.5. The molecule has 1 fully saturated rings. The van der Waals surface area contributed by atoms with Gasteiger partial charge in [-0.05, 0) is 88.0 Å². The maximum Gasteiger partial charge on any atom is 0.412 e. The van der Waals surface area contributed by atoms with Crippen molar-refractivity contribution in [1.29, 1.82) is 0 Å². The molecule has 0 radical (unpaired) electrons. The summed E-state index contributed by atoms with van der Waals surface area (Å²) in [4.78, 5) is 28.0. The van der Waals surface area contributed by atoms with Crippen LogP contribution in [0.3, 0.4) is 0 Å². The van der Waals surface area contributed by atoms with Crippen LogP contribution in [0.5, 0.6) is 0 Å². The average Bonchev–Trinajstić information content (AvgIpc) is 3.30. The lowest BCUT2D eigenvalue weighted by atomic mass is 9.93. The zero-order chi connectivity index (χ0) is 31.4. The Labute approximate surface area is 258 Å². The summed E-state index contributed by atoms with van der Waals surface area (Å²) in [6, 6.07) is 9.91. The van der Waals surface area contributed by atoms with Crippen LogP contribution in [0.4, 0.5) is 19.7 Å². The second kappa shape index (κ2) is 13.7. The summed E-state index contributed by atoms with van der Waals surface area (Å²) in [6.45, 7) is 13.7. The Bertz CT molecular complexity index is 1420. The number of benzene rings is 2. The van der Waals surface area contributed by atoms with Crippen LogP contribution in [0.1, 0.15) is 51.7 Å². The third kappa shape index (κ3) is 9.41. The third-order valence-electron chi connectivity index (χ3n) is 7.07. The van der Waals surface area contributed by atoms with Crippen molar-refractivity contribution in [2.45, 2.75) is 90.2 Å². The van der Waals surface area contributed by atoms with Gasteiger partial charge in [0.05, 0.1) is 17.8 Å².